The highest BCUT2D eigenvalue weighted by Crippen LogP contribution is 2.05. The summed E-state index contributed by atoms with van der Waals surface area (Å²) in [7, 11) is 0. The zero-order chi connectivity index (χ0) is 15.5. The average Bonchev–Trinajstić information content (AvgIpc) is 2.45. The highest BCUT2D eigenvalue weighted by Gasteiger charge is 1.96. The lowest BCUT2D eigenvalue weighted by atomic mass is 10.2. The summed E-state index contributed by atoms with van der Waals surface area (Å²) in [6.07, 6.45) is 6.86. The summed E-state index contributed by atoms with van der Waals surface area (Å²) < 4.78 is 0. The molecule has 0 bridgehead atoms. The minimum absolute atomic E-state index is 0.0513. The highest BCUT2D eigenvalue weighted by atomic mass is 16.4. The Bertz CT molecular complexity index is 557. The first-order valence-corrected chi connectivity index (χ1v) is 6.61. The molecule has 0 heterocycles. The first-order chi connectivity index (χ1) is 10.1. The summed E-state index contributed by atoms with van der Waals surface area (Å²) in [5.74, 6) is -0.882. The fraction of sp³-hybridized carbons (Fsp3) is 0.176. The van der Waals surface area contributed by atoms with Crippen LogP contribution in [-0.2, 0) is 4.79 Å². The van der Waals surface area contributed by atoms with E-state index in [4.69, 9.17) is 5.11 Å². The van der Waals surface area contributed by atoms with Crippen molar-refractivity contribution in [2.45, 2.75) is 13.3 Å². The van der Waals surface area contributed by atoms with Gasteiger partial charge in [0.25, 0.3) is 0 Å². The van der Waals surface area contributed by atoms with Gasteiger partial charge in [-0.1, -0.05) is 30.9 Å². The number of carboxylic acids is 1. The topological polar surface area (TPSA) is 61.7 Å². The van der Waals surface area contributed by atoms with Gasteiger partial charge in [-0.3, -0.25) is 9.79 Å². The van der Waals surface area contributed by atoms with E-state index in [0.29, 0.717) is 12.1 Å². The second-order valence-corrected chi connectivity index (χ2v) is 4.58. The van der Waals surface area contributed by atoms with Gasteiger partial charge in [0.05, 0.1) is 13.0 Å². The Morgan fingerprint density at radius 2 is 2.10 bits per heavy atom. The van der Waals surface area contributed by atoms with E-state index >= 15 is 0 Å². The van der Waals surface area contributed by atoms with E-state index in [1.807, 2.05) is 43.5 Å². The molecule has 0 spiro atoms. The van der Waals surface area contributed by atoms with E-state index < -0.39 is 5.97 Å². The van der Waals surface area contributed by atoms with Crippen LogP contribution < -0.4 is 5.32 Å². The molecule has 0 atom stereocenters. The van der Waals surface area contributed by atoms with Gasteiger partial charge in [0.15, 0.2) is 0 Å². The van der Waals surface area contributed by atoms with Crippen molar-refractivity contribution in [3.8, 4) is 0 Å². The van der Waals surface area contributed by atoms with Crippen LogP contribution in [0.15, 0.2) is 71.4 Å². The van der Waals surface area contributed by atoms with Crippen LogP contribution in [0.5, 0.6) is 0 Å². The molecule has 2 N–H and O–H groups in total. The lowest BCUT2D eigenvalue weighted by Gasteiger charge is -2.01. The fourth-order valence-corrected chi connectivity index (χ4v) is 1.48. The quantitative estimate of drug-likeness (QED) is 0.565. The largest absolute Gasteiger partial charge is 0.481 e. The predicted octanol–water partition coefficient (Wildman–Crippen LogP) is 3.66. The molecule has 21 heavy (non-hydrogen) atoms. The Balaban J connectivity index is 2.33. The molecule has 0 radical (unpaired) electrons. The number of carbonyl (C=O) groups is 1. The third kappa shape index (κ3) is 8.21. The number of carboxylic acid groups (broad SMARTS) is 1. The molecule has 4 heteroatoms. The first kappa shape index (κ1) is 16.4. The van der Waals surface area contributed by atoms with Gasteiger partial charge in [0.1, 0.15) is 0 Å². The van der Waals surface area contributed by atoms with Gasteiger partial charge >= 0.3 is 5.97 Å². The maximum atomic E-state index is 10.4. The van der Waals surface area contributed by atoms with E-state index in [1.54, 1.807) is 18.4 Å². The Kier molecular flexibility index (Phi) is 7.29. The van der Waals surface area contributed by atoms with Gasteiger partial charge in [-0.25, -0.2) is 0 Å². The average molecular weight is 284 g/mol. The second-order valence-electron chi connectivity index (χ2n) is 4.58. The van der Waals surface area contributed by atoms with Gasteiger partial charge < -0.3 is 10.4 Å². The van der Waals surface area contributed by atoms with E-state index in [9.17, 15) is 4.79 Å². The molecule has 0 fully saturated rings. The van der Waals surface area contributed by atoms with Crippen molar-refractivity contribution in [1.82, 2.24) is 0 Å². The van der Waals surface area contributed by atoms with Crippen LogP contribution in [-0.4, -0.2) is 23.8 Å². The SMILES string of the molecule is C=C(/C=C\C=N\C/C(C)=C/Nc1ccccc1)CC(=O)O. The number of benzene rings is 1. The number of allylic oxidation sites excluding steroid dienone is 2. The lowest BCUT2D eigenvalue weighted by Crippen LogP contribution is -1.94. The molecule has 0 amide bonds. The summed E-state index contributed by atoms with van der Waals surface area (Å²) >= 11 is 0. The molecule has 0 saturated heterocycles. The molecule has 0 saturated carbocycles. The van der Waals surface area contributed by atoms with Crippen molar-refractivity contribution in [2.75, 3.05) is 11.9 Å². The molecule has 0 aromatic heterocycles. The number of nitrogens with one attached hydrogen (secondary N) is 1. The lowest BCUT2D eigenvalue weighted by molar-refractivity contribution is -0.136. The summed E-state index contributed by atoms with van der Waals surface area (Å²) in [5, 5.41) is 11.8. The Morgan fingerprint density at radius 3 is 2.76 bits per heavy atom. The molecule has 110 valence electrons. The number of hydrogen-bond donors (Lipinski definition) is 2. The molecule has 4 nitrogen and oxygen atoms in total. The third-order valence-corrected chi connectivity index (χ3v) is 2.50. The Hall–Kier alpha value is -2.62. The second kappa shape index (κ2) is 9.31. The summed E-state index contributed by atoms with van der Waals surface area (Å²) in [5.41, 5.74) is 2.67. The molecular formula is C17H20N2O2. The van der Waals surface area contributed by atoms with Crippen LogP contribution in [0.25, 0.3) is 0 Å². The molecule has 1 rings (SSSR count). The van der Waals surface area contributed by atoms with E-state index in [1.165, 1.54) is 0 Å². The molecule has 0 aliphatic heterocycles. The molecular weight excluding hydrogens is 264 g/mol. The smallest absolute Gasteiger partial charge is 0.307 e. The molecule has 0 aliphatic rings. The fourth-order valence-electron chi connectivity index (χ4n) is 1.48. The van der Waals surface area contributed by atoms with E-state index in [2.05, 4.69) is 16.9 Å². The zero-order valence-corrected chi connectivity index (χ0v) is 12.1. The van der Waals surface area contributed by atoms with E-state index in [-0.39, 0.29) is 6.42 Å². The third-order valence-electron chi connectivity index (χ3n) is 2.50. The van der Waals surface area contributed by atoms with Gasteiger partial charge in [0, 0.05) is 18.1 Å². The van der Waals surface area contributed by atoms with Crippen molar-refractivity contribution in [3.63, 3.8) is 0 Å². The first-order valence-electron chi connectivity index (χ1n) is 6.61. The standard InChI is InChI=1S/C17H20N2O2/c1-14(11-17(20)21)7-6-10-18-12-15(2)13-19-16-8-4-3-5-9-16/h3-10,13,19H,1,11-12H2,2H3,(H,20,21)/b7-6-,15-13+,18-10+. The number of nitrogens with zero attached hydrogens (tertiary/aromatic N) is 1. The number of para-hydroxylation sites is 1. The van der Waals surface area contributed by atoms with Crippen LogP contribution in [0, 0.1) is 0 Å². The molecule has 0 aliphatic carbocycles. The molecule has 1 aromatic carbocycles. The van der Waals surface area contributed by atoms with Crippen molar-refractivity contribution in [3.05, 3.63) is 66.4 Å². The number of hydrogen-bond acceptors (Lipinski definition) is 3. The number of aliphatic carboxylic acids is 1. The number of rotatable bonds is 8. The normalized spacial score (nSPS) is 12.0. The minimum Gasteiger partial charge on any atom is -0.481 e. The summed E-state index contributed by atoms with van der Waals surface area (Å²) in [6.45, 7) is 6.21. The Morgan fingerprint density at radius 1 is 1.38 bits per heavy atom. The van der Waals surface area contributed by atoms with Crippen molar-refractivity contribution in [1.29, 1.82) is 0 Å². The van der Waals surface area contributed by atoms with Crippen LogP contribution in [0.1, 0.15) is 13.3 Å². The van der Waals surface area contributed by atoms with Gasteiger partial charge in [-0.05, 0) is 36.3 Å². The van der Waals surface area contributed by atoms with Crippen LogP contribution >= 0.6 is 0 Å². The van der Waals surface area contributed by atoms with Gasteiger partial charge in [-0.2, -0.15) is 0 Å². The van der Waals surface area contributed by atoms with Crippen molar-refractivity contribution in [2.24, 2.45) is 4.99 Å². The van der Waals surface area contributed by atoms with E-state index in [0.717, 1.165) is 11.3 Å². The van der Waals surface area contributed by atoms with Gasteiger partial charge in [0.2, 0.25) is 0 Å². The van der Waals surface area contributed by atoms with Gasteiger partial charge in [-0.15, -0.1) is 0 Å². The minimum atomic E-state index is -0.882. The van der Waals surface area contributed by atoms with Crippen LogP contribution in [0.4, 0.5) is 5.69 Å². The summed E-state index contributed by atoms with van der Waals surface area (Å²) in [4.78, 5) is 14.7. The number of aliphatic imine (C=N–C) groups is 1. The Labute approximate surface area is 125 Å². The maximum absolute atomic E-state index is 10.4. The zero-order valence-electron chi connectivity index (χ0n) is 12.1. The molecule has 0 unspecified atom stereocenters. The van der Waals surface area contributed by atoms with Crippen LogP contribution in [0.3, 0.4) is 0 Å². The highest BCUT2D eigenvalue weighted by molar-refractivity contribution is 5.74. The van der Waals surface area contributed by atoms with Crippen molar-refractivity contribution < 1.29 is 9.90 Å². The maximum Gasteiger partial charge on any atom is 0.307 e. The monoisotopic (exact) mass is 284 g/mol. The summed E-state index contributed by atoms with van der Waals surface area (Å²) in [6, 6.07) is 9.89. The van der Waals surface area contributed by atoms with Crippen LogP contribution in [0.2, 0.25) is 0 Å². The molecule has 1 aromatic rings. The van der Waals surface area contributed by atoms with Crippen molar-refractivity contribution >= 4 is 17.9 Å². The predicted molar refractivity (Wildman–Crippen MR) is 87.7 cm³/mol. The number of anilines is 1.